The van der Waals surface area contributed by atoms with Crippen LogP contribution >= 0.6 is 28.3 Å². The van der Waals surface area contributed by atoms with E-state index in [1.165, 1.54) is 0 Å². The molecule has 13 heavy (non-hydrogen) atoms. The largest absolute Gasteiger partial charge is 0.402 e. The smallest absolute Gasteiger partial charge is 0.381 e. The highest BCUT2D eigenvalue weighted by Gasteiger charge is 2.26. The Labute approximate surface area is 84.8 Å². The maximum atomic E-state index is 11.6. The summed E-state index contributed by atoms with van der Waals surface area (Å²) in [5.74, 6) is 0. The Morgan fingerprint density at radius 2 is 1.85 bits per heavy atom. The zero-order chi connectivity index (χ0) is 10.2. The second-order valence-corrected chi connectivity index (χ2v) is 7.04. The molecule has 0 bridgehead atoms. The van der Waals surface area contributed by atoms with Crippen LogP contribution in [0.4, 0.5) is 0 Å². The van der Waals surface area contributed by atoms with E-state index in [0.29, 0.717) is 11.1 Å². The van der Waals surface area contributed by atoms with Crippen molar-refractivity contribution >= 4 is 34.8 Å². The molecule has 0 aromatic carbocycles. The second-order valence-electron chi connectivity index (χ2n) is 1.62. The van der Waals surface area contributed by atoms with Crippen LogP contribution in [-0.2, 0) is 22.6 Å². The molecule has 0 aliphatic heterocycles. The molecule has 0 unspecified atom stereocenters. The van der Waals surface area contributed by atoms with Crippen LogP contribution in [0.15, 0.2) is 0 Å². The van der Waals surface area contributed by atoms with Crippen LogP contribution in [0.2, 0.25) is 0 Å². The van der Waals surface area contributed by atoms with Gasteiger partial charge in [-0.15, -0.1) is 0 Å². The van der Waals surface area contributed by atoms with E-state index in [1.807, 2.05) is 0 Å². The number of carbonyl (C=O) groups excluding carboxylic acids is 1. The third-order valence-electron chi connectivity index (χ3n) is 0.775. The van der Waals surface area contributed by atoms with Crippen molar-refractivity contribution in [2.75, 3.05) is 13.2 Å². The van der Waals surface area contributed by atoms with Gasteiger partial charge in [-0.3, -0.25) is 4.79 Å². The van der Waals surface area contributed by atoms with E-state index in [4.69, 9.17) is 9.05 Å². The molecular formula is C5H11O5PS2. The zero-order valence-corrected chi connectivity index (χ0v) is 9.82. The summed E-state index contributed by atoms with van der Waals surface area (Å²) < 4.78 is 25.7. The van der Waals surface area contributed by atoms with Crippen LogP contribution in [0.25, 0.3) is 0 Å². The molecule has 0 aliphatic carbocycles. The molecule has 0 saturated carbocycles. The topological polar surface area (TPSA) is 61.8 Å². The number of hydrogen-bond donors (Lipinski definition) is 0. The van der Waals surface area contributed by atoms with Crippen molar-refractivity contribution in [1.82, 2.24) is 0 Å². The lowest BCUT2D eigenvalue weighted by molar-refractivity contribution is -0.119. The van der Waals surface area contributed by atoms with Crippen molar-refractivity contribution < 1.29 is 22.6 Å². The molecule has 0 atom stereocenters. The van der Waals surface area contributed by atoms with E-state index in [-0.39, 0.29) is 19.7 Å². The predicted molar refractivity (Wildman–Crippen MR) is 53.2 cm³/mol. The average molecular weight is 246 g/mol. The molecule has 0 amide bonds. The summed E-state index contributed by atoms with van der Waals surface area (Å²) in [6.07, 6.45) is 0. The predicted octanol–water partition coefficient (Wildman–Crippen LogP) is 2.64. The summed E-state index contributed by atoms with van der Waals surface area (Å²) in [6, 6.07) is 0. The van der Waals surface area contributed by atoms with Crippen molar-refractivity contribution in [3.05, 3.63) is 0 Å². The standard InChI is InChI=1S/C5H11O5PS2/c1-3-8-11(7,9-4-2)13-12-10-5-6/h5H,3-4H2,1-2H3. The third-order valence-corrected chi connectivity index (χ3v) is 6.11. The van der Waals surface area contributed by atoms with E-state index in [9.17, 15) is 9.36 Å². The van der Waals surface area contributed by atoms with Crippen molar-refractivity contribution in [3.63, 3.8) is 0 Å². The molecule has 0 aromatic rings. The van der Waals surface area contributed by atoms with E-state index in [1.54, 1.807) is 13.8 Å². The van der Waals surface area contributed by atoms with Gasteiger partial charge in [-0.05, 0) is 13.8 Å². The Bertz CT molecular complexity index is 178. The molecule has 0 aromatic heterocycles. The van der Waals surface area contributed by atoms with Crippen LogP contribution in [0.1, 0.15) is 13.8 Å². The minimum Gasteiger partial charge on any atom is -0.381 e. The Morgan fingerprint density at radius 3 is 2.23 bits per heavy atom. The normalized spacial score (nSPS) is 11.2. The maximum Gasteiger partial charge on any atom is 0.402 e. The van der Waals surface area contributed by atoms with Gasteiger partial charge < -0.3 is 13.2 Å². The van der Waals surface area contributed by atoms with Gasteiger partial charge >= 0.3 is 13.3 Å². The van der Waals surface area contributed by atoms with Crippen molar-refractivity contribution in [2.45, 2.75) is 13.8 Å². The minimum absolute atomic E-state index is 0.250. The molecule has 0 heterocycles. The quantitative estimate of drug-likeness (QED) is 0.214. The van der Waals surface area contributed by atoms with Crippen molar-refractivity contribution in [2.24, 2.45) is 0 Å². The Kier molecular flexibility index (Phi) is 7.89. The molecule has 0 radical (unpaired) electrons. The number of carbonyl (C=O) groups is 1. The van der Waals surface area contributed by atoms with Crippen molar-refractivity contribution in [3.8, 4) is 0 Å². The molecule has 0 aliphatic rings. The van der Waals surface area contributed by atoms with Crippen molar-refractivity contribution in [1.29, 1.82) is 0 Å². The maximum absolute atomic E-state index is 11.6. The summed E-state index contributed by atoms with van der Waals surface area (Å²) in [5, 5.41) is 0. The van der Waals surface area contributed by atoms with Gasteiger partial charge in [0.05, 0.1) is 23.6 Å². The number of rotatable bonds is 8. The van der Waals surface area contributed by atoms with Gasteiger partial charge in [0.15, 0.2) is 0 Å². The Balaban J connectivity index is 3.91. The first kappa shape index (κ1) is 13.3. The van der Waals surface area contributed by atoms with Crippen LogP contribution in [0.3, 0.4) is 0 Å². The summed E-state index contributed by atoms with van der Waals surface area (Å²) in [6.45, 7) is 1.08. The first-order chi connectivity index (χ1) is 6.18. The van der Waals surface area contributed by atoms with E-state index in [0.717, 1.165) is 10.4 Å². The van der Waals surface area contributed by atoms with Gasteiger partial charge in [-0.2, -0.15) is 0 Å². The molecule has 78 valence electrons. The molecular weight excluding hydrogens is 235 g/mol. The summed E-state index contributed by atoms with van der Waals surface area (Å²) in [5.41, 5.74) is 0. The summed E-state index contributed by atoms with van der Waals surface area (Å²) in [4.78, 5) is 9.78. The van der Waals surface area contributed by atoms with Crippen LogP contribution in [-0.4, -0.2) is 19.7 Å². The van der Waals surface area contributed by atoms with Crippen LogP contribution in [0, 0.1) is 0 Å². The van der Waals surface area contributed by atoms with E-state index >= 15 is 0 Å². The first-order valence-corrected chi connectivity index (χ1v) is 7.75. The molecule has 0 fully saturated rings. The first-order valence-electron chi connectivity index (χ1n) is 3.53. The van der Waals surface area contributed by atoms with E-state index in [2.05, 4.69) is 4.18 Å². The van der Waals surface area contributed by atoms with Crippen LogP contribution < -0.4 is 0 Å². The summed E-state index contributed by atoms with van der Waals surface area (Å²) in [7, 11) is 0.772. The highest BCUT2D eigenvalue weighted by Crippen LogP contribution is 2.65. The lowest BCUT2D eigenvalue weighted by atomic mass is 10.9. The zero-order valence-electron chi connectivity index (χ0n) is 7.30. The summed E-state index contributed by atoms with van der Waals surface area (Å²) >= 11 is 0.676. The lowest BCUT2D eigenvalue weighted by Crippen LogP contribution is -1.90. The van der Waals surface area contributed by atoms with E-state index < -0.39 is 6.80 Å². The molecule has 5 nitrogen and oxygen atoms in total. The minimum atomic E-state index is -3.15. The highest BCUT2D eigenvalue weighted by atomic mass is 33.3. The van der Waals surface area contributed by atoms with Gasteiger partial charge in [0.25, 0.3) is 0 Å². The van der Waals surface area contributed by atoms with Gasteiger partial charge in [-0.1, -0.05) is 0 Å². The Hall–Kier alpha value is 0.320. The fourth-order valence-electron chi connectivity index (χ4n) is 0.467. The van der Waals surface area contributed by atoms with Gasteiger partial charge in [0, 0.05) is 0 Å². The van der Waals surface area contributed by atoms with Crippen LogP contribution in [0.5, 0.6) is 0 Å². The van der Waals surface area contributed by atoms with Gasteiger partial charge in [-0.25, -0.2) is 4.57 Å². The average Bonchev–Trinajstić information content (AvgIpc) is 2.05. The lowest BCUT2D eigenvalue weighted by Gasteiger charge is -2.13. The fourth-order valence-corrected chi connectivity index (χ4v) is 4.48. The molecule has 0 spiro atoms. The Morgan fingerprint density at radius 1 is 1.31 bits per heavy atom. The third kappa shape index (κ3) is 6.40. The molecule has 0 rings (SSSR count). The molecule has 0 saturated heterocycles. The molecule has 0 N–H and O–H groups in total. The SMILES string of the molecule is CCOP(=O)(OCC)SSOC=O. The second kappa shape index (κ2) is 7.70. The van der Waals surface area contributed by atoms with Gasteiger partial charge in [0.1, 0.15) is 11.1 Å². The molecule has 8 heteroatoms. The monoisotopic (exact) mass is 246 g/mol. The number of hydrogen-bond acceptors (Lipinski definition) is 7. The highest BCUT2D eigenvalue weighted by molar-refractivity contribution is 8.97. The van der Waals surface area contributed by atoms with Gasteiger partial charge in [0.2, 0.25) is 0 Å². The fraction of sp³-hybridized carbons (Fsp3) is 0.800.